The molecule has 0 bridgehead atoms. The van der Waals surface area contributed by atoms with Crippen LogP contribution in [0, 0.1) is 13.8 Å². The van der Waals surface area contributed by atoms with Gasteiger partial charge >= 0.3 is 6.03 Å². The zero-order chi connectivity index (χ0) is 14.7. The summed E-state index contributed by atoms with van der Waals surface area (Å²) in [5.41, 5.74) is 4.10. The molecule has 1 heterocycles. The fourth-order valence-electron chi connectivity index (χ4n) is 2.92. The van der Waals surface area contributed by atoms with Crippen LogP contribution in [0.5, 0.6) is 0 Å². The van der Waals surface area contributed by atoms with Crippen LogP contribution < -0.4 is 5.32 Å². The first-order valence-electron chi connectivity index (χ1n) is 7.78. The van der Waals surface area contributed by atoms with Crippen LogP contribution in [0.2, 0.25) is 0 Å². The van der Waals surface area contributed by atoms with Crippen LogP contribution >= 0.6 is 0 Å². The normalized spacial score (nSPS) is 14.4. The highest BCUT2D eigenvalue weighted by molar-refractivity contribution is 5.74. The Morgan fingerprint density at radius 3 is 2.55 bits per heavy atom. The van der Waals surface area contributed by atoms with E-state index in [-0.39, 0.29) is 6.03 Å². The molecule has 2 rings (SSSR count). The van der Waals surface area contributed by atoms with E-state index >= 15 is 0 Å². The molecule has 0 saturated heterocycles. The predicted octanol–water partition coefficient (Wildman–Crippen LogP) is 3.03. The molecule has 1 aromatic heterocycles. The maximum atomic E-state index is 11.9. The molecular formula is C16H27N3O. The van der Waals surface area contributed by atoms with Crippen molar-refractivity contribution in [3.05, 3.63) is 23.0 Å². The summed E-state index contributed by atoms with van der Waals surface area (Å²) in [5, 5.41) is 3.01. The maximum Gasteiger partial charge on any atom is 0.317 e. The van der Waals surface area contributed by atoms with Crippen LogP contribution in [0.15, 0.2) is 6.07 Å². The molecule has 0 aromatic carbocycles. The highest BCUT2D eigenvalue weighted by Gasteiger charge is 2.26. The Hall–Kier alpha value is -1.45. The lowest BCUT2D eigenvalue weighted by Crippen LogP contribution is -2.40. The van der Waals surface area contributed by atoms with Crippen molar-refractivity contribution in [2.45, 2.75) is 53.0 Å². The van der Waals surface area contributed by atoms with Gasteiger partial charge in [0.15, 0.2) is 0 Å². The number of aryl methyl sites for hydroxylation is 1. The number of nitrogens with one attached hydrogen (secondary N) is 1. The molecule has 1 aliphatic carbocycles. The highest BCUT2D eigenvalue weighted by atomic mass is 16.2. The topological polar surface area (TPSA) is 37.3 Å². The predicted molar refractivity (Wildman–Crippen MR) is 82.2 cm³/mol. The van der Waals surface area contributed by atoms with Gasteiger partial charge in [0.05, 0.1) is 0 Å². The van der Waals surface area contributed by atoms with E-state index < -0.39 is 0 Å². The SMILES string of the molecule is CCN(CC)C(=O)NCCc1cc(C)n(C2CC2)c1C. The van der Waals surface area contributed by atoms with E-state index in [2.05, 4.69) is 29.8 Å². The van der Waals surface area contributed by atoms with Crippen LogP contribution in [0.3, 0.4) is 0 Å². The zero-order valence-electron chi connectivity index (χ0n) is 13.2. The van der Waals surface area contributed by atoms with Gasteiger partial charge in [0.25, 0.3) is 0 Å². The van der Waals surface area contributed by atoms with Crippen molar-refractivity contribution < 1.29 is 4.79 Å². The number of amides is 2. The molecule has 0 unspecified atom stereocenters. The van der Waals surface area contributed by atoms with E-state index in [1.807, 2.05) is 18.7 Å². The second-order valence-electron chi connectivity index (χ2n) is 5.65. The number of rotatable bonds is 6. The van der Waals surface area contributed by atoms with Gasteiger partial charge in [-0.2, -0.15) is 0 Å². The lowest BCUT2D eigenvalue weighted by molar-refractivity contribution is 0.203. The highest BCUT2D eigenvalue weighted by Crippen LogP contribution is 2.38. The van der Waals surface area contributed by atoms with Gasteiger partial charge in [0, 0.05) is 37.1 Å². The molecule has 0 aliphatic heterocycles. The van der Waals surface area contributed by atoms with Crippen LogP contribution in [-0.2, 0) is 6.42 Å². The monoisotopic (exact) mass is 277 g/mol. The quantitative estimate of drug-likeness (QED) is 0.852. The number of aromatic nitrogens is 1. The molecule has 0 atom stereocenters. The van der Waals surface area contributed by atoms with Gasteiger partial charge in [-0.1, -0.05) is 0 Å². The number of hydrogen-bond donors (Lipinski definition) is 1. The van der Waals surface area contributed by atoms with E-state index in [4.69, 9.17) is 0 Å². The Morgan fingerprint density at radius 2 is 2.00 bits per heavy atom. The third kappa shape index (κ3) is 3.17. The summed E-state index contributed by atoms with van der Waals surface area (Å²) in [7, 11) is 0. The molecule has 20 heavy (non-hydrogen) atoms. The van der Waals surface area contributed by atoms with Crippen molar-refractivity contribution >= 4 is 6.03 Å². The Balaban J connectivity index is 1.88. The van der Waals surface area contributed by atoms with E-state index in [1.165, 1.54) is 29.8 Å². The Morgan fingerprint density at radius 1 is 1.35 bits per heavy atom. The lowest BCUT2D eigenvalue weighted by atomic mass is 10.2. The number of carbonyl (C=O) groups is 1. The van der Waals surface area contributed by atoms with Crippen molar-refractivity contribution in [3.63, 3.8) is 0 Å². The Kier molecular flexibility index (Phi) is 4.73. The Bertz CT molecular complexity index is 470. The third-order valence-corrected chi connectivity index (χ3v) is 4.22. The summed E-state index contributed by atoms with van der Waals surface area (Å²) >= 11 is 0. The average molecular weight is 277 g/mol. The van der Waals surface area contributed by atoms with Gasteiger partial charge in [-0.3, -0.25) is 0 Å². The summed E-state index contributed by atoms with van der Waals surface area (Å²) in [6, 6.07) is 3.05. The number of carbonyl (C=O) groups excluding carboxylic acids is 1. The summed E-state index contributed by atoms with van der Waals surface area (Å²) in [4.78, 5) is 13.7. The first kappa shape index (κ1) is 14.9. The third-order valence-electron chi connectivity index (χ3n) is 4.22. The zero-order valence-corrected chi connectivity index (χ0v) is 13.2. The van der Waals surface area contributed by atoms with Crippen molar-refractivity contribution in [1.82, 2.24) is 14.8 Å². The summed E-state index contributed by atoms with van der Waals surface area (Å²) < 4.78 is 2.46. The molecule has 2 amide bonds. The minimum Gasteiger partial charge on any atom is -0.346 e. The van der Waals surface area contributed by atoms with Gasteiger partial charge in [-0.25, -0.2) is 4.79 Å². The van der Waals surface area contributed by atoms with E-state index in [1.54, 1.807) is 0 Å². The lowest BCUT2D eigenvalue weighted by Gasteiger charge is -2.19. The molecule has 0 radical (unpaired) electrons. The van der Waals surface area contributed by atoms with Gasteiger partial charge in [0.2, 0.25) is 0 Å². The van der Waals surface area contributed by atoms with E-state index in [9.17, 15) is 4.79 Å². The van der Waals surface area contributed by atoms with E-state index in [0.29, 0.717) is 6.54 Å². The molecule has 0 spiro atoms. The standard InChI is InChI=1S/C16H27N3O/c1-5-18(6-2)16(20)17-10-9-14-11-12(3)19(13(14)4)15-7-8-15/h11,15H,5-10H2,1-4H3,(H,17,20). The van der Waals surface area contributed by atoms with E-state index in [0.717, 1.165) is 25.6 Å². The fourth-order valence-corrected chi connectivity index (χ4v) is 2.92. The first-order valence-corrected chi connectivity index (χ1v) is 7.78. The number of nitrogens with zero attached hydrogens (tertiary/aromatic N) is 2. The summed E-state index contributed by atoms with van der Waals surface area (Å²) in [5.74, 6) is 0. The Labute approximate surface area is 122 Å². The van der Waals surface area contributed by atoms with Gasteiger partial charge in [-0.15, -0.1) is 0 Å². The molecule has 1 saturated carbocycles. The second kappa shape index (κ2) is 6.33. The smallest absolute Gasteiger partial charge is 0.317 e. The van der Waals surface area contributed by atoms with Crippen molar-refractivity contribution in [2.24, 2.45) is 0 Å². The molecular weight excluding hydrogens is 250 g/mol. The molecule has 1 fully saturated rings. The largest absolute Gasteiger partial charge is 0.346 e. The molecule has 4 nitrogen and oxygen atoms in total. The van der Waals surface area contributed by atoms with Gasteiger partial charge < -0.3 is 14.8 Å². The number of urea groups is 1. The average Bonchev–Trinajstić information content (AvgIpc) is 3.19. The second-order valence-corrected chi connectivity index (χ2v) is 5.65. The van der Waals surface area contributed by atoms with Crippen LogP contribution in [0.25, 0.3) is 0 Å². The van der Waals surface area contributed by atoms with Crippen LogP contribution in [0.4, 0.5) is 4.79 Å². The molecule has 1 aliphatic rings. The summed E-state index contributed by atoms with van der Waals surface area (Å²) in [6.07, 6.45) is 3.54. The van der Waals surface area contributed by atoms with Crippen molar-refractivity contribution in [2.75, 3.05) is 19.6 Å². The maximum absolute atomic E-state index is 11.9. The minimum absolute atomic E-state index is 0.0472. The minimum atomic E-state index is 0.0472. The number of hydrogen-bond acceptors (Lipinski definition) is 1. The van der Waals surface area contributed by atoms with Crippen molar-refractivity contribution in [1.29, 1.82) is 0 Å². The van der Waals surface area contributed by atoms with Crippen molar-refractivity contribution in [3.8, 4) is 0 Å². The van der Waals surface area contributed by atoms with Crippen LogP contribution in [-0.4, -0.2) is 35.1 Å². The summed E-state index contributed by atoms with van der Waals surface area (Å²) in [6.45, 7) is 10.6. The first-order chi connectivity index (χ1) is 9.58. The van der Waals surface area contributed by atoms with Gasteiger partial charge in [-0.05, 0) is 58.6 Å². The fraction of sp³-hybridized carbons (Fsp3) is 0.688. The van der Waals surface area contributed by atoms with Crippen LogP contribution in [0.1, 0.15) is 49.7 Å². The van der Waals surface area contributed by atoms with Gasteiger partial charge in [0.1, 0.15) is 0 Å². The molecule has 4 heteroatoms. The molecule has 112 valence electrons. The molecule has 1 N–H and O–H groups in total. The molecule has 1 aromatic rings.